The van der Waals surface area contributed by atoms with Crippen molar-refractivity contribution >= 4 is 0 Å². The largest absolute Gasteiger partial charge is 0.360 e. The molecule has 1 fully saturated rings. The number of aromatic amines is 1. The summed E-state index contributed by atoms with van der Waals surface area (Å²) < 4.78 is 4.74. The summed E-state index contributed by atoms with van der Waals surface area (Å²) in [6.07, 6.45) is 2.29. The highest BCUT2D eigenvalue weighted by Gasteiger charge is 2.20. The lowest BCUT2D eigenvalue weighted by atomic mass is 9.94. The van der Waals surface area contributed by atoms with Gasteiger partial charge in [-0.05, 0) is 26.3 Å². The second-order valence-electron chi connectivity index (χ2n) is 3.57. The Balaban J connectivity index is 2.23. The average Bonchev–Trinajstić information content (AvgIpc) is 2.49. The third-order valence-corrected chi connectivity index (χ3v) is 2.67. The van der Waals surface area contributed by atoms with E-state index in [0.29, 0.717) is 5.92 Å². The van der Waals surface area contributed by atoms with Crippen LogP contribution in [0.2, 0.25) is 0 Å². The van der Waals surface area contributed by atoms with Crippen molar-refractivity contribution in [2.45, 2.75) is 25.7 Å². The molecule has 1 saturated heterocycles. The molecule has 4 heteroatoms. The predicted molar refractivity (Wildman–Crippen MR) is 48.9 cm³/mol. The van der Waals surface area contributed by atoms with Crippen LogP contribution >= 0.6 is 0 Å². The molecule has 1 atom stereocenters. The Morgan fingerprint density at radius 3 is 2.92 bits per heavy atom. The Labute approximate surface area is 76.3 Å². The molecule has 0 radical (unpaired) electrons. The second-order valence-corrected chi connectivity index (χ2v) is 3.57. The highest BCUT2D eigenvalue weighted by Crippen LogP contribution is 2.22. The van der Waals surface area contributed by atoms with E-state index in [1.54, 1.807) is 0 Å². The van der Waals surface area contributed by atoms with Crippen LogP contribution in [0.3, 0.4) is 0 Å². The van der Waals surface area contributed by atoms with Gasteiger partial charge >= 0.3 is 5.63 Å². The molecular formula is C9H14N2O2. The van der Waals surface area contributed by atoms with Gasteiger partial charge < -0.3 is 9.84 Å². The minimum absolute atomic E-state index is 0.236. The van der Waals surface area contributed by atoms with E-state index in [4.69, 9.17) is 4.52 Å². The van der Waals surface area contributed by atoms with Gasteiger partial charge in [-0.1, -0.05) is 0 Å². The monoisotopic (exact) mass is 182 g/mol. The fourth-order valence-corrected chi connectivity index (χ4v) is 1.85. The molecule has 1 aliphatic heterocycles. The van der Waals surface area contributed by atoms with E-state index in [1.165, 1.54) is 0 Å². The molecule has 4 nitrogen and oxygen atoms in total. The summed E-state index contributed by atoms with van der Waals surface area (Å²) in [6.45, 7) is 3.83. The van der Waals surface area contributed by atoms with Gasteiger partial charge in [0.2, 0.25) is 0 Å². The summed E-state index contributed by atoms with van der Waals surface area (Å²) in [6, 6.07) is 0. The zero-order chi connectivity index (χ0) is 9.26. The van der Waals surface area contributed by atoms with Crippen LogP contribution in [-0.2, 0) is 0 Å². The number of piperidine rings is 1. The Kier molecular flexibility index (Phi) is 2.22. The van der Waals surface area contributed by atoms with Crippen molar-refractivity contribution < 1.29 is 4.52 Å². The highest BCUT2D eigenvalue weighted by atomic mass is 16.5. The maximum atomic E-state index is 11.1. The molecule has 0 bridgehead atoms. The van der Waals surface area contributed by atoms with Crippen LogP contribution in [0.1, 0.15) is 30.0 Å². The third-order valence-electron chi connectivity index (χ3n) is 2.67. The van der Waals surface area contributed by atoms with Crippen molar-refractivity contribution in [1.29, 1.82) is 0 Å². The Hall–Kier alpha value is -1.03. The van der Waals surface area contributed by atoms with Crippen LogP contribution in [0.25, 0.3) is 0 Å². The molecule has 13 heavy (non-hydrogen) atoms. The molecule has 0 spiro atoms. The summed E-state index contributed by atoms with van der Waals surface area (Å²) in [5.41, 5.74) is 1.46. The maximum Gasteiger partial charge on any atom is 0.360 e. The molecule has 2 rings (SSSR count). The summed E-state index contributed by atoms with van der Waals surface area (Å²) in [5.74, 6) is 0.417. The molecule has 0 saturated carbocycles. The van der Waals surface area contributed by atoms with E-state index in [-0.39, 0.29) is 5.63 Å². The first-order valence-electron chi connectivity index (χ1n) is 4.67. The predicted octanol–water partition coefficient (Wildman–Crippen LogP) is 0.743. The molecule has 2 heterocycles. The molecule has 0 amide bonds. The standard InChI is InChI=1S/C9H14N2O2/c1-6-8(11-13-9(6)12)7-3-2-4-10-5-7/h7,10-11H,2-5H2,1H3. The first-order valence-corrected chi connectivity index (χ1v) is 4.67. The van der Waals surface area contributed by atoms with Crippen LogP contribution in [-0.4, -0.2) is 18.2 Å². The quantitative estimate of drug-likeness (QED) is 0.673. The van der Waals surface area contributed by atoms with Gasteiger partial charge in [0, 0.05) is 12.5 Å². The van der Waals surface area contributed by atoms with Crippen molar-refractivity contribution in [2.24, 2.45) is 0 Å². The number of rotatable bonds is 1. The Morgan fingerprint density at radius 1 is 1.54 bits per heavy atom. The van der Waals surface area contributed by atoms with Crippen molar-refractivity contribution in [2.75, 3.05) is 13.1 Å². The van der Waals surface area contributed by atoms with E-state index in [1.807, 2.05) is 6.92 Å². The van der Waals surface area contributed by atoms with Gasteiger partial charge in [-0.15, -0.1) is 0 Å². The van der Waals surface area contributed by atoms with E-state index in [0.717, 1.165) is 37.2 Å². The van der Waals surface area contributed by atoms with Crippen LogP contribution in [0.15, 0.2) is 9.32 Å². The normalized spacial score (nSPS) is 23.3. The van der Waals surface area contributed by atoms with E-state index >= 15 is 0 Å². The summed E-state index contributed by atoms with van der Waals surface area (Å²) in [5, 5.41) is 6.02. The van der Waals surface area contributed by atoms with Crippen LogP contribution in [0, 0.1) is 6.92 Å². The fraction of sp³-hybridized carbons (Fsp3) is 0.667. The Bertz CT molecular complexity index is 334. The van der Waals surface area contributed by atoms with Gasteiger partial charge in [0.25, 0.3) is 0 Å². The maximum absolute atomic E-state index is 11.1. The summed E-state index contributed by atoms with van der Waals surface area (Å²) in [4.78, 5) is 11.1. The van der Waals surface area contributed by atoms with E-state index in [2.05, 4.69) is 10.5 Å². The van der Waals surface area contributed by atoms with Crippen LogP contribution in [0.5, 0.6) is 0 Å². The summed E-state index contributed by atoms with van der Waals surface area (Å²) >= 11 is 0. The van der Waals surface area contributed by atoms with Crippen LogP contribution in [0.4, 0.5) is 0 Å². The first-order chi connectivity index (χ1) is 6.29. The topological polar surface area (TPSA) is 58.0 Å². The molecule has 0 aromatic carbocycles. The number of aromatic nitrogens is 1. The molecular weight excluding hydrogens is 168 g/mol. The van der Waals surface area contributed by atoms with Gasteiger partial charge in [0.15, 0.2) is 0 Å². The number of H-pyrrole nitrogens is 1. The third kappa shape index (κ3) is 1.54. The SMILES string of the molecule is Cc1c(C2CCCNC2)[nH]oc1=O. The number of hydrogen-bond acceptors (Lipinski definition) is 3. The first kappa shape index (κ1) is 8.56. The van der Waals surface area contributed by atoms with E-state index in [9.17, 15) is 4.79 Å². The molecule has 1 aliphatic rings. The van der Waals surface area contributed by atoms with E-state index < -0.39 is 0 Å². The second kappa shape index (κ2) is 3.38. The smallest absolute Gasteiger partial charge is 0.339 e. The lowest BCUT2D eigenvalue weighted by Gasteiger charge is -2.21. The van der Waals surface area contributed by atoms with Gasteiger partial charge in [0.1, 0.15) is 0 Å². The van der Waals surface area contributed by atoms with Gasteiger partial charge in [-0.2, -0.15) is 0 Å². The minimum Gasteiger partial charge on any atom is -0.339 e. The molecule has 72 valence electrons. The molecule has 0 aliphatic carbocycles. The lowest BCUT2D eigenvalue weighted by Crippen LogP contribution is -2.29. The lowest BCUT2D eigenvalue weighted by molar-refractivity contribution is 0.367. The van der Waals surface area contributed by atoms with Crippen molar-refractivity contribution in [3.63, 3.8) is 0 Å². The molecule has 1 aromatic rings. The number of hydrogen-bond donors (Lipinski definition) is 2. The van der Waals surface area contributed by atoms with Crippen molar-refractivity contribution in [3.8, 4) is 0 Å². The average molecular weight is 182 g/mol. The van der Waals surface area contributed by atoms with Crippen molar-refractivity contribution in [3.05, 3.63) is 21.7 Å². The molecule has 1 unspecified atom stereocenters. The highest BCUT2D eigenvalue weighted by molar-refractivity contribution is 5.18. The molecule has 1 aromatic heterocycles. The number of nitrogens with one attached hydrogen (secondary N) is 2. The van der Waals surface area contributed by atoms with Gasteiger partial charge in [-0.25, -0.2) is 9.95 Å². The van der Waals surface area contributed by atoms with Gasteiger partial charge in [-0.3, -0.25) is 0 Å². The van der Waals surface area contributed by atoms with Crippen LogP contribution < -0.4 is 10.9 Å². The van der Waals surface area contributed by atoms with Gasteiger partial charge in [0.05, 0.1) is 11.3 Å². The summed E-state index contributed by atoms with van der Waals surface area (Å²) in [7, 11) is 0. The Morgan fingerprint density at radius 2 is 2.38 bits per heavy atom. The fourth-order valence-electron chi connectivity index (χ4n) is 1.85. The zero-order valence-corrected chi connectivity index (χ0v) is 7.72. The zero-order valence-electron chi connectivity index (χ0n) is 7.72. The minimum atomic E-state index is -0.236. The molecule has 2 N–H and O–H groups in total. The van der Waals surface area contributed by atoms with Crippen molar-refractivity contribution in [1.82, 2.24) is 10.5 Å².